The first-order chi connectivity index (χ1) is 11.3. The summed E-state index contributed by atoms with van der Waals surface area (Å²) in [5, 5.41) is 0. The quantitative estimate of drug-likeness (QED) is 0.812. The maximum Gasteiger partial charge on any atom is 0.316 e. The number of carbonyl (C=O) groups excluding carboxylic acids is 1. The molecule has 7 nitrogen and oxygen atoms in total. The summed E-state index contributed by atoms with van der Waals surface area (Å²) in [5.74, 6) is 0.682. The Hall–Kier alpha value is -1.73. The average molecular weight is 320 g/mol. The van der Waals surface area contributed by atoms with Gasteiger partial charge in [-0.3, -0.25) is 9.69 Å². The lowest BCUT2D eigenvalue weighted by molar-refractivity contribution is 0.0243. The van der Waals surface area contributed by atoms with Crippen molar-refractivity contribution in [3.05, 3.63) is 18.0 Å². The van der Waals surface area contributed by atoms with Crippen LogP contribution in [0.15, 0.2) is 12.4 Å². The molecule has 7 heteroatoms. The Morgan fingerprint density at radius 1 is 1.22 bits per heavy atom. The number of rotatable bonds is 4. The van der Waals surface area contributed by atoms with Gasteiger partial charge in [0, 0.05) is 45.1 Å². The van der Waals surface area contributed by atoms with Crippen molar-refractivity contribution in [3.63, 3.8) is 0 Å². The molecule has 23 heavy (non-hydrogen) atoms. The van der Waals surface area contributed by atoms with Crippen molar-refractivity contribution in [3.8, 4) is 6.01 Å². The highest BCUT2D eigenvalue weighted by molar-refractivity contribution is 5.93. The van der Waals surface area contributed by atoms with Crippen molar-refractivity contribution >= 4 is 5.91 Å². The van der Waals surface area contributed by atoms with Crippen molar-refractivity contribution in [2.24, 2.45) is 5.92 Å². The van der Waals surface area contributed by atoms with Gasteiger partial charge in [0.1, 0.15) is 0 Å². The zero-order valence-electron chi connectivity index (χ0n) is 13.6. The van der Waals surface area contributed by atoms with Crippen LogP contribution >= 0.6 is 0 Å². The van der Waals surface area contributed by atoms with Crippen molar-refractivity contribution in [2.45, 2.75) is 12.8 Å². The van der Waals surface area contributed by atoms with Crippen LogP contribution < -0.4 is 4.74 Å². The predicted molar refractivity (Wildman–Crippen MR) is 84.5 cm³/mol. The number of carbonyl (C=O) groups is 1. The summed E-state index contributed by atoms with van der Waals surface area (Å²) < 4.78 is 10.3. The molecule has 0 aromatic carbocycles. The number of methoxy groups -OCH3 is 1. The molecule has 0 bridgehead atoms. The smallest absolute Gasteiger partial charge is 0.316 e. The third kappa shape index (κ3) is 4.17. The summed E-state index contributed by atoms with van der Waals surface area (Å²) in [6, 6.07) is 0.283. The van der Waals surface area contributed by atoms with Crippen LogP contribution in [0.1, 0.15) is 23.2 Å². The van der Waals surface area contributed by atoms with Gasteiger partial charge in [-0.25, -0.2) is 9.97 Å². The molecular formula is C16H24N4O3. The number of likely N-dealkylation sites (tertiary alicyclic amines) is 1. The molecular weight excluding hydrogens is 296 g/mol. The van der Waals surface area contributed by atoms with E-state index in [0.717, 1.165) is 58.8 Å². The molecule has 126 valence electrons. The van der Waals surface area contributed by atoms with Crippen molar-refractivity contribution < 1.29 is 14.3 Å². The molecule has 2 fully saturated rings. The number of hydrogen-bond acceptors (Lipinski definition) is 6. The number of morpholine rings is 1. The molecule has 2 aliphatic heterocycles. The van der Waals surface area contributed by atoms with E-state index in [4.69, 9.17) is 9.47 Å². The van der Waals surface area contributed by atoms with E-state index in [1.165, 1.54) is 19.5 Å². The normalized spacial score (nSPS) is 20.5. The van der Waals surface area contributed by atoms with Crippen LogP contribution in [0.3, 0.4) is 0 Å². The molecule has 1 aromatic rings. The van der Waals surface area contributed by atoms with Gasteiger partial charge in [-0.05, 0) is 18.8 Å². The summed E-state index contributed by atoms with van der Waals surface area (Å²) in [6.07, 6.45) is 5.18. The molecule has 3 heterocycles. The number of amides is 1. The second kappa shape index (κ2) is 7.70. The topological polar surface area (TPSA) is 67.8 Å². The number of aromatic nitrogens is 2. The third-order valence-electron chi connectivity index (χ3n) is 4.58. The van der Waals surface area contributed by atoms with Crippen LogP contribution in [-0.4, -0.2) is 78.7 Å². The van der Waals surface area contributed by atoms with Crippen LogP contribution in [0.5, 0.6) is 6.01 Å². The van der Waals surface area contributed by atoms with Crippen LogP contribution in [0.2, 0.25) is 0 Å². The highest BCUT2D eigenvalue weighted by Crippen LogP contribution is 2.20. The van der Waals surface area contributed by atoms with Gasteiger partial charge < -0.3 is 14.4 Å². The van der Waals surface area contributed by atoms with Gasteiger partial charge in [0.2, 0.25) is 0 Å². The summed E-state index contributed by atoms with van der Waals surface area (Å²) in [4.78, 5) is 24.9. The SMILES string of the molecule is COc1ncc(C(=O)N2CCC(CN3CCOCC3)CC2)cn1. The molecule has 3 rings (SSSR count). The Morgan fingerprint density at radius 3 is 2.48 bits per heavy atom. The Balaban J connectivity index is 1.48. The maximum atomic E-state index is 12.5. The average Bonchev–Trinajstić information content (AvgIpc) is 2.63. The lowest BCUT2D eigenvalue weighted by atomic mass is 9.95. The summed E-state index contributed by atoms with van der Waals surface area (Å²) >= 11 is 0. The monoisotopic (exact) mass is 320 g/mol. The van der Waals surface area contributed by atoms with Crippen molar-refractivity contribution in [2.75, 3.05) is 53.0 Å². The molecule has 2 aliphatic rings. The Kier molecular flexibility index (Phi) is 5.40. The minimum Gasteiger partial charge on any atom is -0.467 e. The standard InChI is InChI=1S/C16H24N4O3/c1-22-16-17-10-14(11-18-16)15(21)20-4-2-13(3-5-20)12-19-6-8-23-9-7-19/h10-11,13H,2-9,12H2,1H3. The lowest BCUT2D eigenvalue weighted by Gasteiger charge is -2.36. The number of ether oxygens (including phenoxy) is 2. The van der Waals surface area contributed by atoms with Gasteiger partial charge in [0.25, 0.3) is 5.91 Å². The fraction of sp³-hybridized carbons (Fsp3) is 0.688. The van der Waals surface area contributed by atoms with Gasteiger partial charge >= 0.3 is 6.01 Å². The predicted octanol–water partition coefficient (Wildman–Crippen LogP) is 0.670. The molecule has 0 unspecified atom stereocenters. The first-order valence-corrected chi connectivity index (χ1v) is 8.21. The summed E-state index contributed by atoms with van der Waals surface area (Å²) in [6.45, 7) is 6.48. The van der Waals surface area contributed by atoms with Crippen molar-refractivity contribution in [1.29, 1.82) is 0 Å². The summed E-state index contributed by atoms with van der Waals surface area (Å²) in [5.41, 5.74) is 0.525. The van der Waals surface area contributed by atoms with Gasteiger partial charge in [-0.15, -0.1) is 0 Å². The van der Waals surface area contributed by atoms with E-state index in [2.05, 4.69) is 14.9 Å². The molecule has 1 aromatic heterocycles. The first kappa shape index (κ1) is 16.1. The van der Waals surface area contributed by atoms with Gasteiger partial charge in [0.15, 0.2) is 0 Å². The van der Waals surface area contributed by atoms with Crippen LogP contribution in [0.4, 0.5) is 0 Å². The Morgan fingerprint density at radius 2 is 1.87 bits per heavy atom. The van der Waals surface area contributed by atoms with E-state index in [1.54, 1.807) is 0 Å². The van der Waals surface area contributed by atoms with E-state index >= 15 is 0 Å². The fourth-order valence-electron chi connectivity index (χ4n) is 3.18. The minimum atomic E-state index is 0.0116. The molecule has 0 saturated carbocycles. The highest BCUT2D eigenvalue weighted by atomic mass is 16.5. The molecule has 1 amide bonds. The lowest BCUT2D eigenvalue weighted by Crippen LogP contribution is -2.44. The molecule has 0 N–H and O–H groups in total. The second-order valence-corrected chi connectivity index (χ2v) is 6.11. The van der Waals surface area contributed by atoms with E-state index in [-0.39, 0.29) is 11.9 Å². The molecule has 0 radical (unpaired) electrons. The van der Waals surface area contributed by atoms with E-state index in [1.807, 2.05) is 4.90 Å². The highest BCUT2D eigenvalue weighted by Gasteiger charge is 2.25. The fourth-order valence-corrected chi connectivity index (χ4v) is 3.18. The van der Waals surface area contributed by atoms with E-state index < -0.39 is 0 Å². The Labute approximate surface area is 136 Å². The largest absolute Gasteiger partial charge is 0.467 e. The Bertz CT molecular complexity index is 509. The second-order valence-electron chi connectivity index (χ2n) is 6.11. The minimum absolute atomic E-state index is 0.0116. The maximum absolute atomic E-state index is 12.5. The van der Waals surface area contributed by atoms with Gasteiger partial charge in [-0.1, -0.05) is 0 Å². The zero-order valence-corrected chi connectivity index (χ0v) is 13.6. The van der Waals surface area contributed by atoms with E-state index in [0.29, 0.717) is 11.5 Å². The van der Waals surface area contributed by atoms with Crippen LogP contribution in [-0.2, 0) is 4.74 Å². The molecule has 2 saturated heterocycles. The number of piperidine rings is 1. The molecule has 0 spiro atoms. The van der Waals surface area contributed by atoms with Gasteiger partial charge in [-0.2, -0.15) is 0 Å². The molecule has 0 atom stereocenters. The first-order valence-electron chi connectivity index (χ1n) is 8.21. The van der Waals surface area contributed by atoms with Gasteiger partial charge in [0.05, 0.1) is 25.9 Å². The van der Waals surface area contributed by atoms with Crippen molar-refractivity contribution in [1.82, 2.24) is 19.8 Å². The zero-order chi connectivity index (χ0) is 16.1. The number of nitrogens with zero attached hydrogens (tertiary/aromatic N) is 4. The molecule has 0 aliphatic carbocycles. The number of hydrogen-bond donors (Lipinski definition) is 0. The summed E-state index contributed by atoms with van der Waals surface area (Å²) in [7, 11) is 1.51. The van der Waals surface area contributed by atoms with Crippen LogP contribution in [0.25, 0.3) is 0 Å². The van der Waals surface area contributed by atoms with E-state index in [9.17, 15) is 4.79 Å². The van der Waals surface area contributed by atoms with Crippen LogP contribution in [0, 0.1) is 5.92 Å². The third-order valence-corrected chi connectivity index (χ3v) is 4.58.